The zero-order valence-electron chi connectivity index (χ0n) is 14.0. The minimum Gasteiger partial charge on any atom is -0.267 e. The zero-order valence-corrected chi connectivity index (χ0v) is 14.0. The van der Waals surface area contributed by atoms with Gasteiger partial charge >= 0.3 is 0 Å². The van der Waals surface area contributed by atoms with E-state index in [0.29, 0.717) is 28.8 Å². The van der Waals surface area contributed by atoms with Gasteiger partial charge in [-0.05, 0) is 36.8 Å². The Balaban J connectivity index is 2.20. The fourth-order valence-corrected chi connectivity index (χ4v) is 2.51. The van der Waals surface area contributed by atoms with Crippen molar-refractivity contribution in [2.45, 2.75) is 13.5 Å². The molecule has 0 N–H and O–H groups in total. The van der Waals surface area contributed by atoms with E-state index in [1.54, 1.807) is 30.6 Å². The minimum atomic E-state index is -0.172. The highest BCUT2D eigenvalue weighted by atomic mass is 16.1. The molecular formula is C20H18N4O. The number of nitrogens with zero attached hydrogens (tertiary/aromatic N) is 4. The van der Waals surface area contributed by atoms with Crippen LogP contribution in [0.5, 0.6) is 0 Å². The molecule has 0 aliphatic rings. The summed E-state index contributed by atoms with van der Waals surface area (Å²) in [5.41, 5.74) is 2.63. The summed E-state index contributed by atoms with van der Waals surface area (Å²) in [4.78, 5) is 21.5. The predicted octanol–water partition coefficient (Wildman–Crippen LogP) is 3.54. The molecule has 3 rings (SSSR count). The van der Waals surface area contributed by atoms with Gasteiger partial charge in [-0.15, -0.1) is 0 Å². The van der Waals surface area contributed by atoms with Crippen molar-refractivity contribution < 1.29 is 0 Å². The molecule has 3 heterocycles. The first-order valence-electron chi connectivity index (χ1n) is 7.96. The molecule has 0 amide bonds. The molecule has 0 aliphatic heterocycles. The molecule has 0 aromatic carbocycles. The maximum Gasteiger partial charge on any atom is 0.276 e. The molecular weight excluding hydrogens is 312 g/mol. The third-order valence-corrected chi connectivity index (χ3v) is 3.77. The highest BCUT2D eigenvalue weighted by Crippen LogP contribution is 2.20. The second-order valence-electron chi connectivity index (χ2n) is 5.38. The van der Waals surface area contributed by atoms with Crippen LogP contribution in [0.1, 0.15) is 6.92 Å². The summed E-state index contributed by atoms with van der Waals surface area (Å²) < 4.78 is 1.46. The van der Waals surface area contributed by atoms with E-state index in [9.17, 15) is 4.79 Å². The van der Waals surface area contributed by atoms with E-state index in [0.717, 1.165) is 5.57 Å². The van der Waals surface area contributed by atoms with E-state index in [1.165, 1.54) is 4.68 Å². The van der Waals surface area contributed by atoms with Crippen LogP contribution in [0.3, 0.4) is 0 Å². The molecule has 25 heavy (non-hydrogen) atoms. The summed E-state index contributed by atoms with van der Waals surface area (Å²) in [6.07, 6.45) is 10.7. The summed E-state index contributed by atoms with van der Waals surface area (Å²) in [5.74, 6) is 0. The van der Waals surface area contributed by atoms with Gasteiger partial charge in [0.15, 0.2) is 0 Å². The summed E-state index contributed by atoms with van der Waals surface area (Å²) in [7, 11) is 0. The number of allylic oxidation sites excluding steroid dienone is 5. The third-order valence-electron chi connectivity index (χ3n) is 3.77. The maximum absolute atomic E-state index is 12.8. The Morgan fingerprint density at radius 2 is 2.04 bits per heavy atom. The topological polar surface area (TPSA) is 60.7 Å². The molecule has 5 heteroatoms. The Labute approximate surface area is 145 Å². The largest absolute Gasteiger partial charge is 0.276 e. The van der Waals surface area contributed by atoms with Gasteiger partial charge in [-0.2, -0.15) is 5.10 Å². The van der Waals surface area contributed by atoms with Crippen molar-refractivity contribution in [3.8, 4) is 11.4 Å². The van der Waals surface area contributed by atoms with E-state index < -0.39 is 0 Å². The van der Waals surface area contributed by atoms with Crippen LogP contribution in [-0.4, -0.2) is 19.7 Å². The van der Waals surface area contributed by atoms with Crippen molar-refractivity contribution in [2.75, 3.05) is 0 Å². The van der Waals surface area contributed by atoms with Crippen molar-refractivity contribution in [2.24, 2.45) is 0 Å². The zero-order chi connectivity index (χ0) is 17.6. The van der Waals surface area contributed by atoms with Crippen LogP contribution in [0.4, 0.5) is 0 Å². The highest BCUT2D eigenvalue weighted by molar-refractivity contribution is 5.89. The molecule has 0 aliphatic carbocycles. The van der Waals surface area contributed by atoms with Crippen molar-refractivity contribution >= 4 is 10.9 Å². The molecule has 0 bridgehead atoms. The van der Waals surface area contributed by atoms with Gasteiger partial charge in [-0.1, -0.05) is 36.9 Å². The summed E-state index contributed by atoms with van der Waals surface area (Å²) in [6, 6.07) is 9.11. The minimum absolute atomic E-state index is 0.172. The third kappa shape index (κ3) is 3.45. The van der Waals surface area contributed by atoms with Crippen LogP contribution < -0.4 is 5.56 Å². The Morgan fingerprint density at radius 1 is 1.20 bits per heavy atom. The molecule has 5 nitrogen and oxygen atoms in total. The highest BCUT2D eigenvalue weighted by Gasteiger charge is 2.14. The van der Waals surface area contributed by atoms with Gasteiger partial charge in [-0.25, -0.2) is 4.68 Å². The fourth-order valence-electron chi connectivity index (χ4n) is 2.51. The van der Waals surface area contributed by atoms with Gasteiger partial charge in [0.1, 0.15) is 11.2 Å². The number of hydrogen-bond donors (Lipinski definition) is 0. The maximum atomic E-state index is 12.8. The summed E-state index contributed by atoms with van der Waals surface area (Å²) in [5, 5.41) is 5.07. The van der Waals surface area contributed by atoms with Gasteiger partial charge < -0.3 is 0 Å². The van der Waals surface area contributed by atoms with Crippen molar-refractivity contribution in [1.82, 2.24) is 19.7 Å². The molecule has 0 fully saturated rings. The van der Waals surface area contributed by atoms with E-state index in [-0.39, 0.29) is 5.56 Å². The molecule has 3 aromatic rings. The van der Waals surface area contributed by atoms with Gasteiger partial charge in [0.2, 0.25) is 0 Å². The number of aromatic nitrogens is 4. The molecule has 0 atom stereocenters. The lowest BCUT2D eigenvalue weighted by Gasteiger charge is -2.10. The predicted molar refractivity (Wildman–Crippen MR) is 100 cm³/mol. The average Bonchev–Trinajstić information content (AvgIpc) is 2.67. The Morgan fingerprint density at radius 3 is 2.76 bits per heavy atom. The normalized spacial score (nSPS) is 12.0. The average molecular weight is 330 g/mol. The first kappa shape index (κ1) is 16.5. The van der Waals surface area contributed by atoms with Crippen LogP contribution >= 0.6 is 0 Å². The van der Waals surface area contributed by atoms with E-state index >= 15 is 0 Å². The Hall–Kier alpha value is -3.34. The Kier molecular flexibility index (Phi) is 4.95. The van der Waals surface area contributed by atoms with E-state index in [2.05, 4.69) is 21.6 Å². The first-order chi connectivity index (χ1) is 12.2. The van der Waals surface area contributed by atoms with Gasteiger partial charge in [0.05, 0.1) is 17.6 Å². The summed E-state index contributed by atoms with van der Waals surface area (Å²) >= 11 is 0. The van der Waals surface area contributed by atoms with Crippen molar-refractivity contribution in [3.63, 3.8) is 0 Å². The van der Waals surface area contributed by atoms with Gasteiger partial charge in [-0.3, -0.25) is 14.8 Å². The second kappa shape index (κ2) is 7.49. The molecule has 3 aromatic heterocycles. The smallest absolute Gasteiger partial charge is 0.267 e. The SMILES string of the molecule is C=CC=CC(=CC)Cn1nc(-c2ccccn2)c2ncccc2c1=O. The monoisotopic (exact) mass is 330 g/mol. The standard InChI is InChI=1S/C20H18N4O/c1-3-5-9-15(4-2)14-24-20(25)16-10-8-13-22-18(16)19(23-24)17-11-6-7-12-21-17/h3-13H,1,14H2,2H3. The van der Waals surface area contributed by atoms with E-state index in [1.807, 2.05) is 43.4 Å². The van der Waals surface area contributed by atoms with Crippen LogP contribution in [0.2, 0.25) is 0 Å². The first-order valence-corrected chi connectivity index (χ1v) is 7.96. The molecule has 0 saturated heterocycles. The fraction of sp³-hybridized carbons (Fsp3) is 0.100. The van der Waals surface area contributed by atoms with Crippen LogP contribution in [0.25, 0.3) is 22.3 Å². The van der Waals surface area contributed by atoms with Crippen LogP contribution in [0, 0.1) is 0 Å². The second-order valence-corrected chi connectivity index (χ2v) is 5.38. The lowest BCUT2D eigenvalue weighted by atomic mass is 10.1. The van der Waals surface area contributed by atoms with Crippen LogP contribution in [0.15, 0.2) is 84.0 Å². The molecule has 0 spiro atoms. The van der Waals surface area contributed by atoms with Gasteiger partial charge in [0, 0.05) is 12.4 Å². The van der Waals surface area contributed by atoms with Crippen LogP contribution in [-0.2, 0) is 6.54 Å². The Bertz CT molecular complexity index is 1020. The number of rotatable bonds is 5. The van der Waals surface area contributed by atoms with E-state index in [4.69, 9.17) is 0 Å². The lowest BCUT2D eigenvalue weighted by Crippen LogP contribution is -2.25. The van der Waals surface area contributed by atoms with Gasteiger partial charge in [0.25, 0.3) is 5.56 Å². The number of hydrogen-bond acceptors (Lipinski definition) is 4. The molecule has 0 saturated carbocycles. The quantitative estimate of drug-likeness (QED) is 0.671. The number of pyridine rings is 2. The lowest BCUT2D eigenvalue weighted by molar-refractivity contribution is 0.648. The molecule has 124 valence electrons. The molecule has 0 unspecified atom stereocenters. The van der Waals surface area contributed by atoms with Crippen molar-refractivity contribution in [3.05, 3.63) is 89.5 Å². The molecule has 0 radical (unpaired) electrons. The number of fused-ring (bicyclic) bond motifs is 1. The van der Waals surface area contributed by atoms with Crippen molar-refractivity contribution in [1.29, 1.82) is 0 Å². The summed E-state index contributed by atoms with van der Waals surface area (Å²) in [6.45, 7) is 5.96.